The van der Waals surface area contributed by atoms with E-state index in [0.29, 0.717) is 44.1 Å². The monoisotopic (exact) mass is 460 g/mol. The van der Waals surface area contributed by atoms with Gasteiger partial charge in [-0.05, 0) is 44.1 Å². The first-order valence-corrected chi connectivity index (χ1v) is 12.6. The maximum atomic E-state index is 12.7. The molecule has 3 amide bonds. The van der Waals surface area contributed by atoms with Crippen molar-refractivity contribution in [3.8, 4) is 0 Å². The van der Waals surface area contributed by atoms with Gasteiger partial charge >= 0.3 is 0 Å². The van der Waals surface area contributed by atoms with Crippen LogP contribution in [0.25, 0.3) is 0 Å². The molecule has 0 aromatic heterocycles. The van der Waals surface area contributed by atoms with Gasteiger partial charge < -0.3 is 19.9 Å². The number of hydrogen-bond donors (Lipinski definition) is 1. The second-order valence-corrected chi connectivity index (χ2v) is 9.75. The average Bonchev–Trinajstić information content (AvgIpc) is 2.85. The van der Waals surface area contributed by atoms with Crippen LogP contribution in [0, 0.1) is 5.92 Å². The topological polar surface area (TPSA) is 82.2 Å². The number of morpholine rings is 1. The molecule has 174 valence electrons. The van der Waals surface area contributed by atoms with Gasteiger partial charge in [0, 0.05) is 54.9 Å². The lowest BCUT2D eigenvalue weighted by atomic mass is 9.95. The number of carbonyl (C=O) groups is 3. The van der Waals surface area contributed by atoms with E-state index >= 15 is 0 Å². The zero-order valence-electron chi connectivity index (χ0n) is 18.5. The van der Waals surface area contributed by atoms with E-state index in [2.05, 4.69) is 10.2 Å². The highest BCUT2D eigenvalue weighted by molar-refractivity contribution is 7.99. The highest BCUT2D eigenvalue weighted by Crippen LogP contribution is 2.21. The van der Waals surface area contributed by atoms with E-state index in [4.69, 9.17) is 4.74 Å². The van der Waals surface area contributed by atoms with Crippen molar-refractivity contribution in [1.29, 1.82) is 0 Å². The number of ether oxygens (including phenoxy) is 1. The minimum atomic E-state index is -0.0954. The van der Waals surface area contributed by atoms with Crippen LogP contribution in [0.3, 0.4) is 0 Å². The summed E-state index contributed by atoms with van der Waals surface area (Å²) in [5.41, 5.74) is 1.25. The van der Waals surface area contributed by atoms with Gasteiger partial charge in [0.1, 0.15) is 0 Å². The molecule has 3 fully saturated rings. The summed E-state index contributed by atoms with van der Waals surface area (Å²) in [5.74, 6) is 2.14. The van der Waals surface area contributed by atoms with Crippen LogP contribution < -0.4 is 5.32 Å². The molecule has 0 spiro atoms. The molecule has 1 aromatic carbocycles. The molecule has 3 aliphatic heterocycles. The number of anilines is 1. The van der Waals surface area contributed by atoms with E-state index in [1.807, 2.05) is 33.7 Å². The maximum absolute atomic E-state index is 12.7. The molecule has 3 saturated heterocycles. The summed E-state index contributed by atoms with van der Waals surface area (Å²) in [4.78, 5) is 43.8. The Morgan fingerprint density at radius 2 is 1.69 bits per heavy atom. The van der Waals surface area contributed by atoms with Crippen LogP contribution in [0.1, 0.15) is 23.2 Å². The first-order chi connectivity index (χ1) is 15.6. The predicted octanol–water partition coefficient (Wildman–Crippen LogP) is 1.38. The number of nitrogens with zero attached hydrogens (tertiary/aromatic N) is 3. The van der Waals surface area contributed by atoms with Crippen molar-refractivity contribution in [2.24, 2.45) is 5.92 Å². The van der Waals surface area contributed by atoms with Gasteiger partial charge in [-0.15, -0.1) is 0 Å². The molecule has 1 aromatic rings. The quantitative estimate of drug-likeness (QED) is 0.715. The fraction of sp³-hybridized carbons (Fsp3) is 0.609. The minimum absolute atomic E-state index is 0.0217. The van der Waals surface area contributed by atoms with Gasteiger partial charge in [-0.25, -0.2) is 0 Å². The van der Waals surface area contributed by atoms with Crippen LogP contribution in [-0.2, 0) is 14.3 Å². The second kappa shape index (κ2) is 11.2. The number of thioether (sulfide) groups is 1. The Hall–Kier alpha value is -2.10. The Balaban J connectivity index is 1.24. The first kappa shape index (κ1) is 23.1. The molecule has 0 bridgehead atoms. The van der Waals surface area contributed by atoms with Gasteiger partial charge in [0.25, 0.3) is 5.91 Å². The molecule has 3 aliphatic rings. The third kappa shape index (κ3) is 6.02. The maximum Gasteiger partial charge on any atom is 0.253 e. The summed E-state index contributed by atoms with van der Waals surface area (Å²) in [7, 11) is 0. The number of rotatable bonds is 5. The smallest absolute Gasteiger partial charge is 0.253 e. The fourth-order valence-corrected chi connectivity index (χ4v) is 5.37. The zero-order chi connectivity index (χ0) is 22.3. The van der Waals surface area contributed by atoms with Crippen molar-refractivity contribution in [2.45, 2.75) is 12.8 Å². The number of carbonyl (C=O) groups excluding carboxylic acids is 3. The van der Waals surface area contributed by atoms with E-state index in [1.165, 1.54) is 0 Å². The van der Waals surface area contributed by atoms with Gasteiger partial charge in [0.2, 0.25) is 11.8 Å². The third-order valence-electron chi connectivity index (χ3n) is 6.32. The Labute approximate surface area is 193 Å². The molecule has 0 unspecified atom stereocenters. The summed E-state index contributed by atoms with van der Waals surface area (Å²) < 4.78 is 5.33. The van der Waals surface area contributed by atoms with E-state index in [0.717, 1.165) is 50.5 Å². The van der Waals surface area contributed by atoms with Gasteiger partial charge in [0.05, 0.1) is 19.8 Å². The minimum Gasteiger partial charge on any atom is -0.378 e. The fourth-order valence-electron chi connectivity index (χ4n) is 4.46. The molecule has 8 nitrogen and oxygen atoms in total. The van der Waals surface area contributed by atoms with Crippen molar-refractivity contribution in [3.63, 3.8) is 0 Å². The Kier molecular flexibility index (Phi) is 8.05. The number of hydrogen-bond acceptors (Lipinski definition) is 6. The predicted molar refractivity (Wildman–Crippen MR) is 125 cm³/mol. The van der Waals surface area contributed by atoms with Crippen LogP contribution in [0.5, 0.6) is 0 Å². The second-order valence-electron chi connectivity index (χ2n) is 8.52. The molecular formula is C23H32N4O4S. The van der Waals surface area contributed by atoms with Crippen LogP contribution >= 0.6 is 11.8 Å². The molecular weight excluding hydrogens is 428 g/mol. The van der Waals surface area contributed by atoms with E-state index in [-0.39, 0.29) is 23.6 Å². The first-order valence-electron chi connectivity index (χ1n) is 11.5. The van der Waals surface area contributed by atoms with Crippen LogP contribution in [0.4, 0.5) is 5.69 Å². The molecule has 0 saturated carbocycles. The van der Waals surface area contributed by atoms with Crippen molar-refractivity contribution in [1.82, 2.24) is 14.7 Å². The van der Waals surface area contributed by atoms with Gasteiger partial charge in [-0.3, -0.25) is 19.3 Å². The highest BCUT2D eigenvalue weighted by Gasteiger charge is 2.30. The largest absolute Gasteiger partial charge is 0.378 e. The number of nitrogens with one attached hydrogen (secondary N) is 1. The van der Waals surface area contributed by atoms with E-state index in [9.17, 15) is 14.4 Å². The van der Waals surface area contributed by atoms with Gasteiger partial charge in [-0.1, -0.05) is 6.07 Å². The van der Waals surface area contributed by atoms with Crippen molar-refractivity contribution < 1.29 is 19.1 Å². The zero-order valence-corrected chi connectivity index (χ0v) is 19.3. The number of likely N-dealkylation sites (tertiary alicyclic amines) is 1. The number of piperidine rings is 1. The average molecular weight is 461 g/mol. The Morgan fingerprint density at radius 1 is 0.969 bits per heavy atom. The van der Waals surface area contributed by atoms with Crippen molar-refractivity contribution in [3.05, 3.63) is 29.8 Å². The lowest BCUT2D eigenvalue weighted by Crippen LogP contribution is -2.47. The Bertz CT molecular complexity index is 816. The summed E-state index contributed by atoms with van der Waals surface area (Å²) >= 11 is 1.87. The standard InChI is InChI=1S/C23H32N4O4S/c28-21(17-25-6-4-18(5-7-25)22(29)26-8-12-31-13-9-26)24-20-3-1-2-19(16-20)23(30)27-10-14-32-15-11-27/h1-3,16,18H,4-15,17H2,(H,24,28). The molecule has 0 aliphatic carbocycles. The Morgan fingerprint density at radius 3 is 2.41 bits per heavy atom. The molecule has 4 rings (SSSR count). The summed E-state index contributed by atoms with van der Waals surface area (Å²) in [6.07, 6.45) is 1.56. The molecule has 1 N–H and O–H groups in total. The van der Waals surface area contributed by atoms with E-state index in [1.54, 1.807) is 12.1 Å². The number of benzene rings is 1. The summed E-state index contributed by atoms with van der Waals surface area (Å²) in [6, 6.07) is 7.18. The molecule has 3 heterocycles. The summed E-state index contributed by atoms with van der Waals surface area (Å²) in [5, 5.41) is 2.93. The lowest BCUT2D eigenvalue weighted by Gasteiger charge is -2.35. The molecule has 9 heteroatoms. The molecule has 0 atom stereocenters. The van der Waals surface area contributed by atoms with Crippen molar-refractivity contribution in [2.75, 3.05) is 75.8 Å². The molecule has 0 radical (unpaired) electrons. The normalized spacial score (nSPS) is 20.8. The van der Waals surface area contributed by atoms with Gasteiger partial charge in [0.15, 0.2) is 0 Å². The van der Waals surface area contributed by atoms with E-state index < -0.39 is 0 Å². The SMILES string of the molecule is O=C(CN1CCC(C(=O)N2CCOCC2)CC1)Nc1cccc(C(=O)N2CCSCC2)c1. The summed E-state index contributed by atoms with van der Waals surface area (Å²) in [6.45, 7) is 5.90. The van der Waals surface area contributed by atoms with Crippen molar-refractivity contribution >= 4 is 35.2 Å². The van der Waals surface area contributed by atoms with Crippen LogP contribution in [0.15, 0.2) is 24.3 Å². The van der Waals surface area contributed by atoms with Crippen LogP contribution in [-0.4, -0.2) is 103 Å². The lowest BCUT2D eigenvalue weighted by molar-refractivity contribution is -0.141. The highest BCUT2D eigenvalue weighted by atomic mass is 32.2. The van der Waals surface area contributed by atoms with Crippen LogP contribution in [0.2, 0.25) is 0 Å². The number of amides is 3. The third-order valence-corrected chi connectivity index (χ3v) is 7.26. The molecule has 32 heavy (non-hydrogen) atoms. The van der Waals surface area contributed by atoms with Gasteiger partial charge in [-0.2, -0.15) is 11.8 Å².